The lowest BCUT2D eigenvalue weighted by Crippen LogP contribution is -2.29. The van der Waals surface area contributed by atoms with E-state index in [0.29, 0.717) is 6.42 Å². The normalized spacial score (nSPS) is 13.8. The van der Waals surface area contributed by atoms with Gasteiger partial charge in [0.05, 0.1) is 13.2 Å². The van der Waals surface area contributed by atoms with Crippen LogP contribution in [0.2, 0.25) is 0 Å². The maximum absolute atomic E-state index is 12.4. The maximum atomic E-state index is 12.4. The third-order valence-corrected chi connectivity index (χ3v) is 7.14. The van der Waals surface area contributed by atoms with Crippen molar-refractivity contribution < 1.29 is 37.6 Å². The third kappa shape index (κ3) is 26.7. The average Bonchev–Trinajstić information content (AvgIpc) is 2.91. The van der Waals surface area contributed by atoms with E-state index in [1.54, 1.807) is 0 Å². The number of carbonyl (C=O) groups is 2. The van der Waals surface area contributed by atoms with Gasteiger partial charge in [0.1, 0.15) is 6.61 Å². The predicted octanol–water partition coefficient (Wildman–Crippen LogP) is 7.15. The van der Waals surface area contributed by atoms with Gasteiger partial charge in [-0.2, -0.15) is 0 Å². The highest BCUT2D eigenvalue weighted by atomic mass is 31.2. The molecule has 2 atom stereocenters. The highest BCUT2D eigenvalue weighted by Gasteiger charge is 2.25. The van der Waals surface area contributed by atoms with Crippen molar-refractivity contribution in [3.05, 3.63) is 12.2 Å². The first kappa shape index (κ1) is 37.8. The van der Waals surface area contributed by atoms with Crippen LogP contribution in [-0.2, 0) is 32.7 Å². The molecule has 0 fully saturated rings. The lowest BCUT2D eigenvalue weighted by Gasteiger charge is -2.19. The molecule has 0 rings (SSSR count). The Morgan fingerprint density at radius 1 is 0.744 bits per heavy atom. The van der Waals surface area contributed by atoms with Crippen LogP contribution in [-0.4, -0.2) is 49.3 Å². The number of hydrogen-bond donors (Lipinski definition) is 2. The summed E-state index contributed by atoms with van der Waals surface area (Å²) in [4.78, 5) is 34.2. The smallest absolute Gasteiger partial charge is 0.462 e. The molecular formula is C29H56NO8P. The Morgan fingerprint density at radius 3 is 1.87 bits per heavy atom. The van der Waals surface area contributed by atoms with Crippen molar-refractivity contribution in [1.82, 2.24) is 0 Å². The fourth-order valence-corrected chi connectivity index (χ4v) is 4.63. The fourth-order valence-electron chi connectivity index (χ4n) is 3.86. The Kier molecular flexibility index (Phi) is 26.1. The van der Waals surface area contributed by atoms with Crippen LogP contribution < -0.4 is 5.73 Å². The van der Waals surface area contributed by atoms with Crippen molar-refractivity contribution in [2.75, 3.05) is 26.4 Å². The molecule has 0 heterocycles. The monoisotopic (exact) mass is 577 g/mol. The topological polar surface area (TPSA) is 134 Å². The Balaban J connectivity index is 4.33. The molecule has 0 bridgehead atoms. The van der Waals surface area contributed by atoms with E-state index in [2.05, 4.69) is 26.0 Å². The number of carbonyl (C=O) groups excluding carboxylic acids is 2. The molecule has 0 aliphatic heterocycles. The van der Waals surface area contributed by atoms with Gasteiger partial charge in [-0.1, -0.05) is 90.2 Å². The van der Waals surface area contributed by atoms with Crippen LogP contribution in [0.25, 0.3) is 0 Å². The second kappa shape index (κ2) is 26.9. The number of phosphoric ester groups is 1. The molecule has 10 heteroatoms. The standard InChI is InChI=1S/C29H56NO8P/c1-3-5-7-9-11-12-13-14-15-16-18-20-22-29(32)38-27(26-37-39(33,34)36-24-23-30)25-35-28(31)21-19-17-10-8-6-4-2/h11-12,27H,3-10,13-26,30H2,1-2H3,(H,33,34)/b12-11+/t27-/m1/s1. The summed E-state index contributed by atoms with van der Waals surface area (Å²) >= 11 is 0. The van der Waals surface area contributed by atoms with Gasteiger partial charge in [-0.05, 0) is 38.5 Å². The molecule has 1 unspecified atom stereocenters. The molecule has 39 heavy (non-hydrogen) atoms. The predicted molar refractivity (Wildman–Crippen MR) is 155 cm³/mol. The van der Waals surface area contributed by atoms with Crippen LogP contribution in [0.15, 0.2) is 12.2 Å². The average molecular weight is 578 g/mol. The first-order chi connectivity index (χ1) is 18.8. The molecule has 0 amide bonds. The number of unbranched alkanes of at least 4 members (excludes halogenated alkanes) is 13. The second-order valence-corrected chi connectivity index (χ2v) is 11.4. The van der Waals surface area contributed by atoms with E-state index in [4.69, 9.17) is 24.3 Å². The van der Waals surface area contributed by atoms with E-state index >= 15 is 0 Å². The zero-order valence-electron chi connectivity index (χ0n) is 24.6. The minimum absolute atomic E-state index is 0.0537. The van der Waals surface area contributed by atoms with Gasteiger partial charge >= 0.3 is 19.8 Å². The van der Waals surface area contributed by atoms with E-state index in [0.717, 1.165) is 64.2 Å². The summed E-state index contributed by atoms with van der Waals surface area (Å²) < 4.78 is 32.3. The van der Waals surface area contributed by atoms with Gasteiger partial charge < -0.3 is 20.1 Å². The molecule has 0 aromatic rings. The summed E-state index contributed by atoms with van der Waals surface area (Å²) in [5.74, 6) is -0.852. The number of hydrogen-bond acceptors (Lipinski definition) is 8. The molecule has 0 aromatic heterocycles. The minimum Gasteiger partial charge on any atom is -0.462 e. The van der Waals surface area contributed by atoms with Crippen LogP contribution in [0.3, 0.4) is 0 Å². The largest absolute Gasteiger partial charge is 0.472 e. The molecule has 230 valence electrons. The Morgan fingerprint density at radius 2 is 1.26 bits per heavy atom. The van der Waals surface area contributed by atoms with Crippen molar-refractivity contribution in [2.24, 2.45) is 5.73 Å². The van der Waals surface area contributed by atoms with Gasteiger partial charge in [0.2, 0.25) is 0 Å². The summed E-state index contributed by atoms with van der Waals surface area (Å²) in [5.41, 5.74) is 5.29. The Bertz CT molecular complexity index is 674. The first-order valence-electron chi connectivity index (χ1n) is 15.2. The van der Waals surface area contributed by atoms with Gasteiger partial charge in [-0.3, -0.25) is 18.6 Å². The lowest BCUT2D eigenvalue weighted by molar-refractivity contribution is -0.161. The SMILES string of the molecule is CCCCC/C=C/CCCCCCCC(=O)O[C@H](COC(=O)CCCCCCCC)COP(=O)(O)OCCN. The number of phosphoric acid groups is 1. The van der Waals surface area contributed by atoms with E-state index < -0.39 is 32.5 Å². The van der Waals surface area contributed by atoms with Gasteiger partial charge in [0.15, 0.2) is 6.10 Å². The van der Waals surface area contributed by atoms with E-state index in [1.165, 1.54) is 32.1 Å². The molecule has 3 N–H and O–H groups in total. The molecule has 0 aliphatic carbocycles. The first-order valence-corrected chi connectivity index (χ1v) is 16.7. The fraction of sp³-hybridized carbons (Fsp3) is 0.862. The maximum Gasteiger partial charge on any atom is 0.472 e. The number of rotatable bonds is 28. The second-order valence-electron chi connectivity index (χ2n) is 9.97. The van der Waals surface area contributed by atoms with E-state index in [-0.39, 0.29) is 32.6 Å². The third-order valence-electron chi connectivity index (χ3n) is 6.15. The summed E-state index contributed by atoms with van der Waals surface area (Å²) in [6, 6.07) is 0. The van der Waals surface area contributed by atoms with Crippen molar-refractivity contribution >= 4 is 19.8 Å². The quantitative estimate of drug-likeness (QED) is 0.0430. The van der Waals surface area contributed by atoms with Gasteiger partial charge in [-0.15, -0.1) is 0 Å². The lowest BCUT2D eigenvalue weighted by atomic mass is 10.1. The summed E-state index contributed by atoms with van der Waals surface area (Å²) in [7, 11) is -4.35. The summed E-state index contributed by atoms with van der Waals surface area (Å²) in [6.45, 7) is 3.59. The Hall–Kier alpha value is -1.25. The molecule has 0 radical (unpaired) electrons. The van der Waals surface area contributed by atoms with Crippen LogP contribution in [0.1, 0.15) is 129 Å². The molecule has 9 nitrogen and oxygen atoms in total. The summed E-state index contributed by atoms with van der Waals surface area (Å²) in [5, 5.41) is 0. The number of esters is 2. The van der Waals surface area contributed by atoms with E-state index in [1.807, 2.05) is 0 Å². The zero-order valence-corrected chi connectivity index (χ0v) is 25.5. The van der Waals surface area contributed by atoms with Crippen molar-refractivity contribution in [2.45, 2.75) is 136 Å². The van der Waals surface area contributed by atoms with Crippen LogP contribution in [0.5, 0.6) is 0 Å². The molecule has 0 saturated carbocycles. The van der Waals surface area contributed by atoms with Gasteiger partial charge in [0, 0.05) is 19.4 Å². The van der Waals surface area contributed by atoms with Crippen molar-refractivity contribution in [3.63, 3.8) is 0 Å². The summed E-state index contributed by atoms with van der Waals surface area (Å²) in [6.07, 6.45) is 21.3. The minimum atomic E-state index is -4.35. The number of nitrogens with two attached hydrogens (primary N) is 1. The van der Waals surface area contributed by atoms with Gasteiger partial charge in [0.25, 0.3) is 0 Å². The van der Waals surface area contributed by atoms with Crippen molar-refractivity contribution in [3.8, 4) is 0 Å². The molecule has 0 spiro atoms. The van der Waals surface area contributed by atoms with Crippen molar-refractivity contribution in [1.29, 1.82) is 0 Å². The Labute approximate surface area is 237 Å². The highest BCUT2D eigenvalue weighted by molar-refractivity contribution is 7.47. The number of ether oxygens (including phenoxy) is 2. The zero-order chi connectivity index (χ0) is 29.0. The van der Waals surface area contributed by atoms with Gasteiger partial charge in [-0.25, -0.2) is 4.57 Å². The van der Waals surface area contributed by atoms with E-state index in [9.17, 15) is 19.0 Å². The molecule has 0 aliphatic rings. The van der Waals surface area contributed by atoms with Crippen LogP contribution in [0, 0.1) is 0 Å². The van der Waals surface area contributed by atoms with Crippen LogP contribution in [0.4, 0.5) is 0 Å². The number of allylic oxidation sites excluding steroid dienone is 2. The highest BCUT2D eigenvalue weighted by Crippen LogP contribution is 2.43. The molecule has 0 saturated heterocycles. The van der Waals surface area contributed by atoms with Crippen LogP contribution >= 0.6 is 7.82 Å². The molecule has 0 aromatic carbocycles. The molecular weight excluding hydrogens is 521 g/mol.